The van der Waals surface area contributed by atoms with Gasteiger partial charge in [-0.05, 0) is 0 Å². The summed E-state index contributed by atoms with van der Waals surface area (Å²) >= 11 is 0. The zero-order valence-electron chi connectivity index (χ0n) is 9.50. The maximum absolute atomic E-state index is 11.6. The molecule has 1 amide bonds. The molecule has 0 spiro atoms. The largest absolute Gasteiger partial charge is 0.481 e. The number of carbonyl (C=O) groups is 3. The second-order valence-corrected chi connectivity index (χ2v) is 3.74. The number of nitrogens with zero attached hydrogens (tertiary/aromatic N) is 1. The highest BCUT2D eigenvalue weighted by atomic mass is 16.4. The van der Waals surface area contributed by atoms with E-state index in [2.05, 4.69) is 15.3 Å². The molecule has 5 N–H and O–H groups in total. The standard InChI is InChI=1S/C10H14N4O4/c11-8(1-6-3-12-5-13-6)10(18)14-7(4-15)2-9(16)17/h3-5,7-8H,1-2,11H2,(H,12,13)(H,14,18)(H,16,17)/t7-,8-/m0/s1. The van der Waals surface area contributed by atoms with Crippen molar-refractivity contribution in [1.82, 2.24) is 15.3 Å². The minimum absolute atomic E-state index is 0.227. The van der Waals surface area contributed by atoms with E-state index in [0.29, 0.717) is 12.0 Å². The lowest BCUT2D eigenvalue weighted by Crippen LogP contribution is -2.47. The van der Waals surface area contributed by atoms with E-state index in [-0.39, 0.29) is 6.42 Å². The molecule has 0 aliphatic heterocycles. The summed E-state index contributed by atoms with van der Waals surface area (Å²) in [6, 6.07) is -1.94. The summed E-state index contributed by atoms with van der Waals surface area (Å²) < 4.78 is 0. The van der Waals surface area contributed by atoms with Gasteiger partial charge in [-0.3, -0.25) is 9.59 Å². The SMILES string of the molecule is N[C@@H](Cc1cnc[nH]1)C(=O)N[C@H](C=O)CC(=O)O. The molecule has 0 saturated carbocycles. The van der Waals surface area contributed by atoms with E-state index in [1.165, 1.54) is 12.5 Å². The van der Waals surface area contributed by atoms with Gasteiger partial charge in [-0.2, -0.15) is 0 Å². The number of hydrogen-bond donors (Lipinski definition) is 4. The van der Waals surface area contributed by atoms with Gasteiger partial charge in [-0.1, -0.05) is 0 Å². The molecule has 0 bridgehead atoms. The maximum atomic E-state index is 11.6. The third-order valence-corrected chi connectivity index (χ3v) is 2.22. The summed E-state index contributed by atoms with van der Waals surface area (Å²) in [5, 5.41) is 10.8. The first-order chi connectivity index (χ1) is 8.52. The Labute approximate surface area is 103 Å². The van der Waals surface area contributed by atoms with Crippen LogP contribution in [0.5, 0.6) is 0 Å². The number of aldehydes is 1. The number of H-pyrrole nitrogens is 1. The monoisotopic (exact) mass is 254 g/mol. The Balaban J connectivity index is 2.47. The van der Waals surface area contributed by atoms with Crippen LogP contribution in [0.3, 0.4) is 0 Å². The average molecular weight is 254 g/mol. The van der Waals surface area contributed by atoms with Crippen molar-refractivity contribution in [2.45, 2.75) is 24.9 Å². The Morgan fingerprint density at radius 1 is 1.61 bits per heavy atom. The van der Waals surface area contributed by atoms with Gasteiger partial charge < -0.3 is 25.9 Å². The number of imidazole rings is 1. The molecule has 0 saturated heterocycles. The van der Waals surface area contributed by atoms with Crippen LogP contribution < -0.4 is 11.1 Å². The highest BCUT2D eigenvalue weighted by Gasteiger charge is 2.20. The van der Waals surface area contributed by atoms with E-state index in [9.17, 15) is 14.4 Å². The van der Waals surface area contributed by atoms with Crippen molar-refractivity contribution in [3.63, 3.8) is 0 Å². The maximum Gasteiger partial charge on any atom is 0.305 e. The first-order valence-electron chi connectivity index (χ1n) is 5.23. The van der Waals surface area contributed by atoms with Crippen LogP contribution in [0.4, 0.5) is 0 Å². The molecule has 8 nitrogen and oxygen atoms in total. The average Bonchev–Trinajstić information content (AvgIpc) is 2.80. The molecule has 1 heterocycles. The van der Waals surface area contributed by atoms with Crippen LogP contribution in [0.1, 0.15) is 12.1 Å². The molecule has 0 aromatic carbocycles. The Morgan fingerprint density at radius 3 is 2.83 bits per heavy atom. The van der Waals surface area contributed by atoms with Crippen molar-refractivity contribution in [1.29, 1.82) is 0 Å². The molecule has 1 rings (SSSR count). The lowest BCUT2D eigenvalue weighted by molar-refractivity contribution is -0.138. The van der Waals surface area contributed by atoms with Gasteiger partial charge in [-0.15, -0.1) is 0 Å². The molecule has 98 valence electrons. The number of aliphatic carboxylic acids is 1. The lowest BCUT2D eigenvalue weighted by Gasteiger charge is -2.14. The highest BCUT2D eigenvalue weighted by molar-refractivity contribution is 5.86. The number of carboxylic acid groups (broad SMARTS) is 1. The number of aromatic nitrogens is 2. The predicted octanol–water partition coefficient (Wildman–Crippen LogP) is -1.56. The van der Waals surface area contributed by atoms with Gasteiger partial charge in [0, 0.05) is 18.3 Å². The highest BCUT2D eigenvalue weighted by Crippen LogP contribution is 1.97. The van der Waals surface area contributed by atoms with Crippen LogP contribution in [-0.4, -0.2) is 45.3 Å². The lowest BCUT2D eigenvalue weighted by atomic mass is 10.1. The molecule has 0 fully saturated rings. The summed E-state index contributed by atoms with van der Waals surface area (Å²) in [5.41, 5.74) is 6.30. The fraction of sp³-hybridized carbons (Fsp3) is 0.400. The molecule has 18 heavy (non-hydrogen) atoms. The second kappa shape index (κ2) is 6.50. The van der Waals surface area contributed by atoms with Gasteiger partial charge in [0.05, 0.1) is 24.8 Å². The smallest absolute Gasteiger partial charge is 0.305 e. The van der Waals surface area contributed by atoms with Gasteiger partial charge >= 0.3 is 5.97 Å². The number of carbonyl (C=O) groups excluding carboxylic acids is 2. The van der Waals surface area contributed by atoms with Crippen molar-refractivity contribution in [2.75, 3.05) is 0 Å². The Hall–Kier alpha value is -2.22. The van der Waals surface area contributed by atoms with Gasteiger partial charge in [0.25, 0.3) is 0 Å². The summed E-state index contributed by atoms with van der Waals surface area (Å²) in [4.78, 5) is 39.2. The van der Waals surface area contributed by atoms with Gasteiger partial charge in [0.1, 0.15) is 6.29 Å². The predicted molar refractivity (Wildman–Crippen MR) is 60.5 cm³/mol. The molecule has 1 aromatic rings. The fourth-order valence-electron chi connectivity index (χ4n) is 1.34. The number of amides is 1. The topological polar surface area (TPSA) is 138 Å². The Kier molecular flexibility index (Phi) is 5.00. The van der Waals surface area contributed by atoms with Crippen molar-refractivity contribution in [2.24, 2.45) is 5.73 Å². The molecule has 2 atom stereocenters. The number of aromatic amines is 1. The van der Waals surface area contributed by atoms with Crippen LogP contribution in [0.15, 0.2) is 12.5 Å². The minimum atomic E-state index is -1.17. The molecule has 0 radical (unpaired) electrons. The van der Waals surface area contributed by atoms with Crippen LogP contribution in [0.25, 0.3) is 0 Å². The van der Waals surface area contributed by atoms with Crippen LogP contribution in [0, 0.1) is 0 Å². The van der Waals surface area contributed by atoms with Crippen LogP contribution >= 0.6 is 0 Å². The molecular weight excluding hydrogens is 240 g/mol. The zero-order chi connectivity index (χ0) is 13.5. The van der Waals surface area contributed by atoms with Gasteiger partial charge in [-0.25, -0.2) is 4.98 Å². The van der Waals surface area contributed by atoms with E-state index in [1.54, 1.807) is 0 Å². The molecule has 0 aliphatic carbocycles. The number of nitrogens with two attached hydrogens (primary N) is 1. The molecule has 0 unspecified atom stereocenters. The zero-order valence-corrected chi connectivity index (χ0v) is 9.50. The summed E-state index contributed by atoms with van der Waals surface area (Å²) in [6.07, 6.45) is 3.12. The molecular formula is C10H14N4O4. The van der Waals surface area contributed by atoms with Crippen LogP contribution in [-0.2, 0) is 20.8 Å². The summed E-state index contributed by atoms with van der Waals surface area (Å²) in [7, 11) is 0. The fourth-order valence-corrected chi connectivity index (χ4v) is 1.34. The third kappa shape index (κ3) is 4.34. The van der Waals surface area contributed by atoms with E-state index in [0.717, 1.165) is 0 Å². The molecule has 8 heteroatoms. The van der Waals surface area contributed by atoms with Crippen molar-refractivity contribution >= 4 is 18.2 Å². The number of rotatable bonds is 7. The Morgan fingerprint density at radius 2 is 2.33 bits per heavy atom. The number of carboxylic acids is 1. The van der Waals surface area contributed by atoms with Crippen molar-refractivity contribution < 1.29 is 19.5 Å². The second-order valence-electron chi connectivity index (χ2n) is 3.74. The van der Waals surface area contributed by atoms with Gasteiger partial charge in [0.2, 0.25) is 5.91 Å². The molecule has 1 aromatic heterocycles. The van der Waals surface area contributed by atoms with Gasteiger partial charge in [0.15, 0.2) is 0 Å². The van der Waals surface area contributed by atoms with E-state index < -0.39 is 30.4 Å². The van der Waals surface area contributed by atoms with E-state index >= 15 is 0 Å². The van der Waals surface area contributed by atoms with Crippen molar-refractivity contribution in [3.8, 4) is 0 Å². The first-order valence-corrected chi connectivity index (χ1v) is 5.23. The normalized spacial score (nSPS) is 13.6. The Bertz CT molecular complexity index is 418. The minimum Gasteiger partial charge on any atom is -0.481 e. The van der Waals surface area contributed by atoms with Crippen LogP contribution in [0.2, 0.25) is 0 Å². The number of hydrogen-bond acceptors (Lipinski definition) is 5. The molecule has 0 aliphatic rings. The van der Waals surface area contributed by atoms with Crippen molar-refractivity contribution in [3.05, 3.63) is 18.2 Å². The van der Waals surface area contributed by atoms with E-state index in [1.807, 2.05) is 0 Å². The summed E-state index contributed by atoms with van der Waals surface area (Å²) in [5.74, 6) is -1.75. The number of nitrogens with one attached hydrogen (secondary N) is 2. The first kappa shape index (κ1) is 13.8. The third-order valence-electron chi connectivity index (χ3n) is 2.22. The van der Waals surface area contributed by atoms with E-state index in [4.69, 9.17) is 10.8 Å². The quantitative estimate of drug-likeness (QED) is 0.434. The summed E-state index contributed by atoms with van der Waals surface area (Å²) in [6.45, 7) is 0.